The summed E-state index contributed by atoms with van der Waals surface area (Å²) < 4.78 is 14.1. The molecule has 0 aliphatic carbocycles. The summed E-state index contributed by atoms with van der Waals surface area (Å²) in [6.45, 7) is 5.08. The summed E-state index contributed by atoms with van der Waals surface area (Å²) in [6.07, 6.45) is -0.772. The summed E-state index contributed by atoms with van der Waals surface area (Å²) in [5.41, 5.74) is 5.61. The number of halogens is 1. The normalized spacial score (nSPS) is 10.0. The molecule has 1 amide bonds. The maximum Gasteiger partial charge on any atom is 0.490 e. The van der Waals surface area contributed by atoms with Crippen LogP contribution in [0.1, 0.15) is 41.5 Å². The molecule has 0 spiro atoms. The van der Waals surface area contributed by atoms with Crippen LogP contribution in [0, 0.1) is 0 Å². The summed E-state index contributed by atoms with van der Waals surface area (Å²) in [5.74, 6) is -1.13. The van der Waals surface area contributed by atoms with Gasteiger partial charge in [-0.3, -0.25) is 5.32 Å². The summed E-state index contributed by atoms with van der Waals surface area (Å²) in [5, 5.41) is 38.6. The Bertz CT molecular complexity index is 1060. The van der Waals surface area contributed by atoms with Crippen LogP contribution in [0.2, 0.25) is 0 Å². The number of hydrogen-bond donors (Lipinski definition) is 6. The number of rotatable bonds is 5. The van der Waals surface area contributed by atoms with Crippen molar-refractivity contribution >= 4 is 67.0 Å². The highest BCUT2D eigenvalue weighted by Crippen LogP contribution is 2.13. The zero-order chi connectivity index (χ0) is 26.9. The van der Waals surface area contributed by atoms with E-state index in [1.165, 1.54) is 50.6 Å². The van der Waals surface area contributed by atoms with Crippen molar-refractivity contribution in [3.8, 4) is 0 Å². The van der Waals surface area contributed by atoms with Crippen LogP contribution in [0.3, 0.4) is 0 Å². The van der Waals surface area contributed by atoms with E-state index in [0.29, 0.717) is 0 Å². The maximum absolute atomic E-state index is 11.7. The van der Waals surface area contributed by atoms with E-state index in [1.807, 2.05) is 0 Å². The Morgan fingerprint density at radius 2 is 1.28 bits per heavy atom. The summed E-state index contributed by atoms with van der Waals surface area (Å²) >= 11 is 0. The highest BCUT2D eigenvalue weighted by molar-refractivity contribution is 6.61. The number of hydrogen-bond acceptors (Lipinski definition) is 11. The fraction of sp³-hybridized carbons (Fsp3) is 0.286. The first kappa shape index (κ1) is 32.7. The SMILES string of the molecule is COC(=O)c1ccc(B(O)O)c(N)c1.COC(=O)c1ccc(B(O)O)c(NC(=O)OC(C)(C)C)c1.Cl. The highest BCUT2D eigenvalue weighted by Gasteiger charge is 2.22. The van der Waals surface area contributed by atoms with Crippen LogP contribution >= 0.6 is 12.4 Å². The number of carbonyl (C=O) groups excluding carboxylic acids is 3. The molecule has 0 saturated carbocycles. The molecular weight excluding hydrogens is 497 g/mol. The van der Waals surface area contributed by atoms with E-state index in [4.69, 9.17) is 20.5 Å². The van der Waals surface area contributed by atoms with Gasteiger partial charge < -0.3 is 40.0 Å². The van der Waals surface area contributed by atoms with E-state index in [0.717, 1.165) is 0 Å². The molecule has 2 aromatic rings. The van der Waals surface area contributed by atoms with Gasteiger partial charge in [-0.25, -0.2) is 14.4 Å². The molecule has 196 valence electrons. The lowest BCUT2D eigenvalue weighted by atomic mass is 9.78. The highest BCUT2D eigenvalue weighted by atomic mass is 35.5. The third-order valence-electron chi connectivity index (χ3n) is 4.17. The predicted molar refractivity (Wildman–Crippen MR) is 137 cm³/mol. The molecular formula is C21H29B2ClN2O10. The number of methoxy groups -OCH3 is 2. The molecule has 0 radical (unpaired) electrons. The Morgan fingerprint density at radius 3 is 1.67 bits per heavy atom. The monoisotopic (exact) mass is 526 g/mol. The molecule has 2 rings (SSSR count). The number of nitrogens with one attached hydrogen (secondary N) is 1. The Kier molecular flexibility index (Phi) is 13.0. The molecule has 0 aliphatic rings. The van der Waals surface area contributed by atoms with Crippen LogP contribution < -0.4 is 22.0 Å². The Labute approximate surface area is 215 Å². The zero-order valence-corrected chi connectivity index (χ0v) is 21.2. The van der Waals surface area contributed by atoms with Crippen LogP contribution in [-0.4, -0.2) is 72.2 Å². The number of amides is 1. The second-order valence-corrected chi connectivity index (χ2v) is 8.00. The number of anilines is 2. The van der Waals surface area contributed by atoms with Gasteiger partial charge in [-0.05, 0) is 45.0 Å². The maximum atomic E-state index is 11.7. The lowest BCUT2D eigenvalue weighted by Crippen LogP contribution is -2.35. The van der Waals surface area contributed by atoms with E-state index in [1.54, 1.807) is 20.8 Å². The van der Waals surface area contributed by atoms with Gasteiger partial charge in [0.25, 0.3) is 0 Å². The van der Waals surface area contributed by atoms with Crippen LogP contribution in [0.25, 0.3) is 0 Å². The minimum atomic E-state index is -1.80. The lowest BCUT2D eigenvalue weighted by Gasteiger charge is -2.20. The van der Waals surface area contributed by atoms with E-state index >= 15 is 0 Å². The third kappa shape index (κ3) is 10.1. The van der Waals surface area contributed by atoms with Crippen molar-refractivity contribution in [3.05, 3.63) is 47.5 Å². The van der Waals surface area contributed by atoms with Gasteiger partial charge in [0.05, 0.1) is 25.3 Å². The van der Waals surface area contributed by atoms with Crippen molar-refractivity contribution < 1.29 is 48.7 Å². The number of esters is 2. The van der Waals surface area contributed by atoms with Crippen molar-refractivity contribution in [2.75, 3.05) is 25.3 Å². The van der Waals surface area contributed by atoms with Gasteiger partial charge in [0.1, 0.15) is 5.60 Å². The van der Waals surface area contributed by atoms with Crippen molar-refractivity contribution in [1.82, 2.24) is 0 Å². The summed E-state index contributed by atoms with van der Waals surface area (Å²) in [6, 6.07) is 8.07. The average molecular weight is 527 g/mol. The van der Waals surface area contributed by atoms with E-state index in [9.17, 15) is 24.4 Å². The standard InChI is InChI=1S/C13H18BNO6.C8H10BNO4.ClH/c1-13(2,3)21-12(17)15-10-7-8(11(16)20-4)5-6-9(10)14(18)19;1-14-8(11)5-2-3-6(9(12)13)7(10)4-5;/h5-7,18-19H,1-4H3,(H,15,17);2-4,12-13H,10H2,1H3;1H. The molecule has 0 heterocycles. The molecule has 0 aliphatic heterocycles. The predicted octanol–water partition coefficient (Wildman–Crippen LogP) is -0.343. The first-order valence-corrected chi connectivity index (χ1v) is 10.1. The molecule has 0 unspecified atom stereocenters. The fourth-order valence-electron chi connectivity index (χ4n) is 2.60. The zero-order valence-electron chi connectivity index (χ0n) is 20.3. The van der Waals surface area contributed by atoms with Crippen molar-refractivity contribution in [3.63, 3.8) is 0 Å². The first-order valence-electron chi connectivity index (χ1n) is 10.1. The molecule has 0 fully saturated rings. The second-order valence-electron chi connectivity index (χ2n) is 8.00. The van der Waals surface area contributed by atoms with Crippen molar-refractivity contribution in [1.29, 1.82) is 0 Å². The minimum Gasteiger partial charge on any atom is -0.465 e. The molecule has 15 heteroatoms. The number of benzene rings is 2. The third-order valence-corrected chi connectivity index (χ3v) is 4.17. The number of carbonyl (C=O) groups is 3. The van der Waals surface area contributed by atoms with Gasteiger partial charge in [0.2, 0.25) is 0 Å². The van der Waals surface area contributed by atoms with E-state index < -0.39 is 37.9 Å². The van der Waals surface area contributed by atoms with Gasteiger partial charge in [0.15, 0.2) is 0 Å². The van der Waals surface area contributed by atoms with E-state index in [-0.39, 0.29) is 45.8 Å². The van der Waals surface area contributed by atoms with Crippen molar-refractivity contribution in [2.24, 2.45) is 0 Å². The Balaban J connectivity index is 0.000000713. The molecule has 7 N–H and O–H groups in total. The fourth-order valence-corrected chi connectivity index (χ4v) is 2.60. The minimum absolute atomic E-state index is 0. The number of ether oxygens (including phenoxy) is 3. The van der Waals surface area contributed by atoms with Gasteiger partial charge >= 0.3 is 32.3 Å². The van der Waals surface area contributed by atoms with Crippen molar-refractivity contribution in [2.45, 2.75) is 26.4 Å². The summed E-state index contributed by atoms with van der Waals surface area (Å²) in [4.78, 5) is 34.3. The first-order chi connectivity index (χ1) is 16.2. The lowest BCUT2D eigenvalue weighted by molar-refractivity contribution is 0.0592. The number of nitrogens with two attached hydrogens (primary N) is 1. The molecule has 0 saturated heterocycles. The van der Waals surface area contributed by atoms with E-state index in [2.05, 4.69) is 14.8 Å². The van der Waals surface area contributed by atoms with Crippen LogP contribution in [0.5, 0.6) is 0 Å². The molecule has 12 nitrogen and oxygen atoms in total. The van der Waals surface area contributed by atoms with Crippen LogP contribution in [0.15, 0.2) is 36.4 Å². The molecule has 0 atom stereocenters. The molecule has 2 aromatic carbocycles. The average Bonchev–Trinajstić information content (AvgIpc) is 2.76. The van der Waals surface area contributed by atoms with Crippen LogP contribution in [0.4, 0.5) is 16.2 Å². The Morgan fingerprint density at radius 1 is 0.833 bits per heavy atom. The second kappa shape index (κ2) is 14.3. The topological polar surface area (TPSA) is 198 Å². The Hall–Kier alpha value is -3.29. The molecule has 0 aromatic heterocycles. The largest absolute Gasteiger partial charge is 0.490 e. The molecule has 36 heavy (non-hydrogen) atoms. The van der Waals surface area contributed by atoms with Gasteiger partial charge in [0, 0.05) is 22.3 Å². The number of nitrogen functional groups attached to an aromatic ring is 1. The smallest absolute Gasteiger partial charge is 0.465 e. The quantitative estimate of drug-likeness (QED) is 0.129. The van der Waals surface area contributed by atoms with Gasteiger partial charge in [-0.15, -0.1) is 12.4 Å². The molecule has 0 bridgehead atoms. The van der Waals surface area contributed by atoms with Crippen LogP contribution in [-0.2, 0) is 14.2 Å². The van der Waals surface area contributed by atoms with Gasteiger partial charge in [-0.2, -0.15) is 0 Å². The summed E-state index contributed by atoms with van der Waals surface area (Å²) in [7, 11) is -0.964. The van der Waals surface area contributed by atoms with Gasteiger partial charge in [-0.1, -0.05) is 12.1 Å².